The molecule has 0 aromatic rings. The fourth-order valence-corrected chi connectivity index (χ4v) is 0. The van der Waals surface area contributed by atoms with Gasteiger partial charge < -0.3 is 0 Å². The van der Waals surface area contributed by atoms with Crippen molar-refractivity contribution in [3.05, 3.63) is 25.3 Å². The largest absolute Gasteiger partial charge is 0.0991 e. The van der Waals surface area contributed by atoms with Gasteiger partial charge in [-0.25, -0.2) is 0 Å². The highest BCUT2D eigenvalue weighted by Crippen LogP contribution is 1.52. The molecule has 0 spiro atoms. The first-order valence-corrected chi connectivity index (χ1v) is 1.15. The van der Waals surface area contributed by atoms with Crippen molar-refractivity contribution in [3.8, 4) is 0 Å². The molecule has 0 saturated heterocycles. The van der Waals surface area contributed by atoms with Gasteiger partial charge in [-0.2, -0.15) is 0 Å². The van der Waals surface area contributed by atoms with E-state index in [1.807, 2.05) is 0 Å². The van der Waals surface area contributed by atoms with Crippen LogP contribution < -0.4 is 0 Å². The van der Waals surface area contributed by atoms with Crippen LogP contribution in [0.3, 0.4) is 0 Å². The highest BCUT2D eigenvalue weighted by atomic mass is 13.4. The molecule has 28 valence electrons. The lowest BCUT2D eigenvalue weighted by Gasteiger charge is -1.44. The molecule has 0 aliphatic carbocycles. The molecule has 0 aromatic carbocycles. The lowest BCUT2D eigenvalue weighted by atomic mass is 10.6. The Hall–Kier alpha value is -0.455. The highest BCUT2D eigenvalue weighted by molar-refractivity contribution is 5.75. The van der Waals surface area contributed by atoms with E-state index in [-0.39, 0.29) is 8.41 Å². The van der Waals surface area contributed by atoms with Gasteiger partial charge in [0, 0.05) is 0 Å². The molecule has 0 bridgehead atoms. The fraction of sp³-hybridized carbons (Fsp3) is 0. The molecule has 0 N–H and O–H groups in total. The molecule has 0 nitrogen and oxygen atoms in total. The Bertz CT molecular complexity index is 24.6. The minimum Gasteiger partial charge on any atom is -0.0991 e. The third-order valence-electron chi connectivity index (χ3n) is 0.167. The van der Waals surface area contributed by atoms with E-state index >= 15 is 0 Å². The molecule has 0 radical (unpaired) electrons. The Morgan fingerprint density at radius 1 is 1.00 bits per heavy atom. The minimum absolute atomic E-state index is 0. The summed E-state index contributed by atoms with van der Waals surface area (Å²) in [6.07, 6.45) is 3.28. The van der Waals surface area contributed by atoms with Crippen molar-refractivity contribution < 1.29 is 0 Å². The summed E-state index contributed by atoms with van der Waals surface area (Å²) in [5, 5.41) is 0. The predicted molar refractivity (Wildman–Crippen MR) is 30.3 cm³/mol. The maximum absolute atomic E-state index is 3.36. The van der Waals surface area contributed by atoms with Gasteiger partial charge in [-0.05, 0) is 0 Å². The fourth-order valence-electron chi connectivity index (χ4n) is 0. The van der Waals surface area contributed by atoms with Gasteiger partial charge in [-0.1, -0.05) is 25.3 Å². The van der Waals surface area contributed by atoms with E-state index in [1.54, 1.807) is 12.2 Å². The summed E-state index contributed by atoms with van der Waals surface area (Å²) in [5.74, 6) is 0. The smallest absolute Gasteiger partial charge is 0.0814 e. The van der Waals surface area contributed by atoms with Crippen LogP contribution >= 0.6 is 0 Å². The number of hydrogen-bond acceptors (Lipinski definition) is 0. The Morgan fingerprint density at radius 2 is 1.20 bits per heavy atom. The standard InChI is InChI=1S/C4H6.BH3/c1-3-4-2;/h3-4H,1-2H2;1H3. The van der Waals surface area contributed by atoms with Crippen molar-refractivity contribution in [3.63, 3.8) is 0 Å². The van der Waals surface area contributed by atoms with E-state index in [0.29, 0.717) is 0 Å². The highest BCUT2D eigenvalue weighted by Gasteiger charge is 1.29. The first kappa shape index (κ1) is 8.82. The summed E-state index contributed by atoms with van der Waals surface area (Å²) in [6, 6.07) is 0. The predicted octanol–water partition coefficient (Wildman–Crippen LogP) is 0.174. The van der Waals surface area contributed by atoms with Crippen LogP contribution in [0.4, 0.5) is 0 Å². The molecule has 0 unspecified atom stereocenters. The van der Waals surface area contributed by atoms with Crippen LogP contribution in [0.1, 0.15) is 0 Å². The third-order valence-corrected chi connectivity index (χ3v) is 0.167. The second-order valence-electron chi connectivity index (χ2n) is 0.471. The number of allylic oxidation sites excluding steroid dienone is 2. The van der Waals surface area contributed by atoms with E-state index < -0.39 is 0 Å². The minimum atomic E-state index is 0. The van der Waals surface area contributed by atoms with Crippen LogP contribution in [0.15, 0.2) is 25.3 Å². The van der Waals surface area contributed by atoms with Crippen molar-refractivity contribution in [2.45, 2.75) is 0 Å². The molecule has 0 aliphatic heterocycles. The molecule has 0 saturated carbocycles. The summed E-state index contributed by atoms with van der Waals surface area (Å²) >= 11 is 0. The maximum atomic E-state index is 3.36. The normalized spacial score (nSPS) is 4.00. The second-order valence-corrected chi connectivity index (χ2v) is 0.471. The summed E-state index contributed by atoms with van der Waals surface area (Å²) in [4.78, 5) is 0. The zero-order chi connectivity index (χ0) is 3.41. The average molecular weight is 67.9 g/mol. The summed E-state index contributed by atoms with van der Waals surface area (Å²) in [5.41, 5.74) is 0. The van der Waals surface area contributed by atoms with E-state index in [0.717, 1.165) is 0 Å². The monoisotopic (exact) mass is 68.1 g/mol. The quantitative estimate of drug-likeness (QED) is 0.303. The molecular weight excluding hydrogens is 58.9 g/mol. The van der Waals surface area contributed by atoms with Crippen LogP contribution in [0, 0.1) is 0 Å². The lowest BCUT2D eigenvalue weighted by Crippen LogP contribution is -1.21. The van der Waals surface area contributed by atoms with Crippen molar-refractivity contribution in [1.29, 1.82) is 0 Å². The Kier molecular flexibility index (Phi) is 17.0. The lowest BCUT2D eigenvalue weighted by molar-refractivity contribution is 2.15. The van der Waals surface area contributed by atoms with Crippen molar-refractivity contribution in [2.24, 2.45) is 0 Å². The second kappa shape index (κ2) is 9.62. The van der Waals surface area contributed by atoms with Gasteiger partial charge in [0.25, 0.3) is 0 Å². The van der Waals surface area contributed by atoms with Crippen molar-refractivity contribution >= 4 is 8.41 Å². The Balaban J connectivity index is 0. The zero-order valence-corrected chi connectivity index (χ0v) is 2.57. The first-order valence-electron chi connectivity index (χ1n) is 1.15. The topological polar surface area (TPSA) is 0 Å². The van der Waals surface area contributed by atoms with Gasteiger partial charge in [0.1, 0.15) is 0 Å². The maximum Gasteiger partial charge on any atom is 0.0814 e. The van der Waals surface area contributed by atoms with Gasteiger partial charge in [0.05, 0.1) is 8.41 Å². The van der Waals surface area contributed by atoms with E-state index in [1.165, 1.54) is 0 Å². The number of rotatable bonds is 1. The molecule has 0 fully saturated rings. The van der Waals surface area contributed by atoms with Crippen molar-refractivity contribution in [2.75, 3.05) is 0 Å². The third kappa shape index (κ3) is 28.5. The van der Waals surface area contributed by atoms with Gasteiger partial charge >= 0.3 is 0 Å². The SMILES string of the molecule is B.C=CC=C. The summed E-state index contributed by atoms with van der Waals surface area (Å²) in [6.45, 7) is 6.72. The van der Waals surface area contributed by atoms with E-state index in [2.05, 4.69) is 13.2 Å². The van der Waals surface area contributed by atoms with E-state index in [9.17, 15) is 0 Å². The van der Waals surface area contributed by atoms with Gasteiger partial charge in [0.2, 0.25) is 0 Å². The molecule has 0 atom stereocenters. The molecule has 1 heteroatoms. The number of hydrogen-bond donors (Lipinski definition) is 0. The molecule has 0 aliphatic rings. The first-order chi connectivity index (χ1) is 1.91. The van der Waals surface area contributed by atoms with Crippen LogP contribution in [0.2, 0.25) is 0 Å². The average Bonchev–Trinajstić information content (AvgIpc) is 1.37. The van der Waals surface area contributed by atoms with Gasteiger partial charge in [-0.15, -0.1) is 0 Å². The Morgan fingerprint density at radius 3 is 1.20 bits per heavy atom. The molecule has 0 rings (SSSR count). The van der Waals surface area contributed by atoms with Crippen LogP contribution in [0.5, 0.6) is 0 Å². The Labute approximate surface area is 34.8 Å². The molecule has 0 aromatic heterocycles. The van der Waals surface area contributed by atoms with Crippen LogP contribution in [0.25, 0.3) is 0 Å². The van der Waals surface area contributed by atoms with E-state index in [4.69, 9.17) is 0 Å². The molecule has 0 amide bonds. The van der Waals surface area contributed by atoms with Crippen molar-refractivity contribution in [1.82, 2.24) is 0 Å². The molecule has 0 heterocycles. The molecular formula is C4H9B. The summed E-state index contributed by atoms with van der Waals surface area (Å²) < 4.78 is 0. The van der Waals surface area contributed by atoms with Gasteiger partial charge in [0.15, 0.2) is 0 Å². The van der Waals surface area contributed by atoms with Crippen LogP contribution in [-0.2, 0) is 0 Å². The zero-order valence-electron chi connectivity index (χ0n) is 2.57. The van der Waals surface area contributed by atoms with Gasteiger partial charge in [-0.3, -0.25) is 0 Å². The van der Waals surface area contributed by atoms with Crippen LogP contribution in [-0.4, -0.2) is 8.41 Å². The summed E-state index contributed by atoms with van der Waals surface area (Å²) in [7, 11) is 0. The molecule has 5 heavy (non-hydrogen) atoms.